The van der Waals surface area contributed by atoms with Gasteiger partial charge in [0.2, 0.25) is 5.95 Å². The number of aryl methyl sites for hydroxylation is 1. The Hall–Kier alpha value is -3.29. The molecule has 32 heavy (non-hydrogen) atoms. The third kappa shape index (κ3) is 4.22. The van der Waals surface area contributed by atoms with Crippen molar-refractivity contribution in [3.8, 4) is 11.3 Å². The van der Waals surface area contributed by atoms with Gasteiger partial charge in [-0.3, -0.25) is 9.78 Å². The number of carbonyl (C=O) groups is 1. The first-order valence-electron chi connectivity index (χ1n) is 11.4. The van der Waals surface area contributed by atoms with Gasteiger partial charge >= 0.3 is 0 Å². The van der Waals surface area contributed by atoms with Crippen molar-refractivity contribution < 1.29 is 9.32 Å². The van der Waals surface area contributed by atoms with Crippen LogP contribution >= 0.6 is 0 Å². The summed E-state index contributed by atoms with van der Waals surface area (Å²) in [5, 5.41) is 4.06. The monoisotopic (exact) mass is 432 g/mol. The van der Waals surface area contributed by atoms with Gasteiger partial charge in [-0.15, -0.1) is 0 Å². The number of nitrogens with zero attached hydrogens (tertiary/aromatic N) is 6. The van der Waals surface area contributed by atoms with Crippen LogP contribution in [0.1, 0.15) is 59.9 Å². The molecule has 0 atom stereocenters. The molecule has 2 aliphatic heterocycles. The number of hydrogen-bond acceptors (Lipinski definition) is 7. The fourth-order valence-corrected chi connectivity index (χ4v) is 4.63. The van der Waals surface area contributed by atoms with Gasteiger partial charge in [0.25, 0.3) is 5.91 Å². The maximum atomic E-state index is 12.8. The molecule has 2 fully saturated rings. The highest BCUT2D eigenvalue weighted by molar-refractivity contribution is 5.92. The van der Waals surface area contributed by atoms with Gasteiger partial charge < -0.3 is 14.3 Å². The van der Waals surface area contributed by atoms with Crippen molar-refractivity contribution in [3.05, 3.63) is 53.7 Å². The van der Waals surface area contributed by atoms with Gasteiger partial charge in [0.05, 0.1) is 17.0 Å². The van der Waals surface area contributed by atoms with E-state index in [4.69, 9.17) is 9.51 Å². The van der Waals surface area contributed by atoms with Gasteiger partial charge in [-0.1, -0.05) is 11.2 Å². The van der Waals surface area contributed by atoms with Crippen molar-refractivity contribution in [1.29, 1.82) is 0 Å². The molecule has 3 aromatic heterocycles. The zero-order chi connectivity index (χ0) is 21.9. The Balaban J connectivity index is 1.39. The number of pyridine rings is 1. The van der Waals surface area contributed by atoms with Crippen molar-refractivity contribution in [1.82, 2.24) is 25.0 Å². The van der Waals surface area contributed by atoms with Gasteiger partial charge in [0.15, 0.2) is 5.76 Å². The Morgan fingerprint density at radius 1 is 1.06 bits per heavy atom. The van der Waals surface area contributed by atoms with Crippen LogP contribution in [0.25, 0.3) is 11.3 Å². The molecule has 8 heteroatoms. The fraction of sp³-hybridized carbons (Fsp3) is 0.458. The van der Waals surface area contributed by atoms with E-state index in [1.165, 1.54) is 19.3 Å². The Kier molecular flexibility index (Phi) is 5.83. The average molecular weight is 433 g/mol. The molecule has 2 saturated heterocycles. The molecule has 0 aromatic carbocycles. The highest BCUT2D eigenvalue weighted by atomic mass is 16.5. The summed E-state index contributed by atoms with van der Waals surface area (Å²) in [6.07, 6.45) is 8.85. The molecule has 0 spiro atoms. The highest BCUT2D eigenvalue weighted by Gasteiger charge is 2.29. The van der Waals surface area contributed by atoms with E-state index in [9.17, 15) is 4.79 Å². The summed E-state index contributed by atoms with van der Waals surface area (Å²) < 4.78 is 5.57. The molecule has 2 aliphatic rings. The summed E-state index contributed by atoms with van der Waals surface area (Å²) in [6.45, 7) is 5.27. The molecule has 0 aliphatic carbocycles. The van der Waals surface area contributed by atoms with Crippen LogP contribution in [0.5, 0.6) is 0 Å². The molecule has 166 valence electrons. The molecular weight excluding hydrogens is 404 g/mol. The van der Waals surface area contributed by atoms with E-state index in [-0.39, 0.29) is 11.8 Å². The van der Waals surface area contributed by atoms with Crippen molar-refractivity contribution in [2.24, 2.45) is 0 Å². The Labute approximate surface area is 187 Å². The lowest BCUT2D eigenvalue weighted by Gasteiger charge is -2.33. The van der Waals surface area contributed by atoms with E-state index in [2.05, 4.69) is 20.0 Å². The summed E-state index contributed by atoms with van der Waals surface area (Å²) in [5.41, 5.74) is 3.24. The molecule has 0 N–H and O–H groups in total. The Morgan fingerprint density at radius 3 is 2.56 bits per heavy atom. The zero-order valence-corrected chi connectivity index (χ0v) is 18.4. The smallest absolute Gasteiger partial charge is 0.272 e. The van der Waals surface area contributed by atoms with E-state index in [1.807, 2.05) is 36.2 Å². The van der Waals surface area contributed by atoms with Crippen molar-refractivity contribution in [2.45, 2.75) is 44.9 Å². The van der Waals surface area contributed by atoms with Crippen LogP contribution < -0.4 is 4.90 Å². The van der Waals surface area contributed by atoms with Crippen LogP contribution in [-0.4, -0.2) is 57.1 Å². The number of amides is 1. The first-order valence-corrected chi connectivity index (χ1v) is 11.4. The molecule has 0 unspecified atom stereocenters. The first-order chi connectivity index (χ1) is 15.7. The quantitative estimate of drug-likeness (QED) is 0.619. The second-order valence-electron chi connectivity index (χ2n) is 8.63. The summed E-state index contributed by atoms with van der Waals surface area (Å²) in [6, 6.07) is 7.38. The maximum Gasteiger partial charge on any atom is 0.272 e. The minimum Gasteiger partial charge on any atom is -0.356 e. The summed E-state index contributed by atoms with van der Waals surface area (Å²) in [4.78, 5) is 30.9. The molecule has 1 amide bonds. The molecule has 0 saturated carbocycles. The lowest BCUT2D eigenvalue weighted by molar-refractivity contribution is 0.0706. The minimum absolute atomic E-state index is 0.00757. The second-order valence-corrected chi connectivity index (χ2v) is 8.63. The van der Waals surface area contributed by atoms with Crippen LogP contribution in [-0.2, 0) is 0 Å². The third-order valence-corrected chi connectivity index (χ3v) is 6.39. The van der Waals surface area contributed by atoms with E-state index >= 15 is 0 Å². The summed E-state index contributed by atoms with van der Waals surface area (Å²) >= 11 is 0. The van der Waals surface area contributed by atoms with Crippen molar-refractivity contribution >= 4 is 11.9 Å². The number of rotatable bonds is 4. The molecular formula is C24H28N6O2. The molecule has 5 heterocycles. The van der Waals surface area contributed by atoms with Gasteiger partial charge in [-0.2, -0.15) is 0 Å². The van der Waals surface area contributed by atoms with Gasteiger partial charge in [-0.05, 0) is 51.2 Å². The topological polar surface area (TPSA) is 88.3 Å². The minimum atomic E-state index is -0.00757. The Bertz CT molecular complexity index is 1070. The van der Waals surface area contributed by atoms with Crippen LogP contribution in [0.4, 0.5) is 5.95 Å². The molecule has 0 bridgehead atoms. The molecule has 3 aromatic rings. The van der Waals surface area contributed by atoms with Gasteiger partial charge in [0, 0.05) is 50.6 Å². The first kappa shape index (κ1) is 20.6. The standard InChI is InChI=1S/C24H28N6O2/c1-17-15-21(32-28-17)19-16-26-24(30-11-5-2-6-12-30)27-22(19)18-8-13-29(14-9-18)23(31)20-7-3-4-10-25-20/h3-4,7,10,15-16,18H,2,5-6,8-9,11-14H2,1H3. The SMILES string of the molecule is Cc1cc(-c2cnc(N3CCCCC3)nc2C2CCN(C(=O)c3ccccn3)CC2)on1. The lowest BCUT2D eigenvalue weighted by atomic mass is 9.90. The van der Waals surface area contributed by atoms with E-state index in [0.29, 0.717) is 24.5 Å². The predicted molar refractivity (Wildman–Crippen MR) is 120 cm³/mol. The van der Waals surface area contributed by atoms with Crippen LogP contribution in [0.2, 0.25) is 0 Å². The molecule has 0 radical (unpaired) electrons. The molecule has 5 rings (SSSR count). The number of likely N-dealkylation sites (tertiary alicyclic amines) is 1. The highest BCUT2D eigenvalue weighted by Crippen LogP contribution is 2.35. The number of aromatic nitrogens is 4. The van der Waals surface area contributed by atoms with Crippen LogP contribution in [0, 0.1) is 6.92 Å². The summed E-state index contributed by atoms with van der Waals surface area (Å²) in [7, 11) is 0. The fourth-order valence-electron chi connectivity index (χ4n) is 4.63. The van der Waals surface area contributed by atoms with Crippen molar-refractivity contribution in [2.75, 3.05) is 31.1 Å². The second kappa shape index (κ2) is 9.06. The largest absolute Gasteiger partial charge is 0.356 e. The van der Waals surface area contributed by atoms with E-state index < -0.39 is 0 Å². The maximum absolute atomic E-state index is 12.8. The Morgan fingerprint density at radius 2 is 1.88 bits per heavy atom. The number of anilines is 1. The van der Waals surface area contributed by atoms with E-state index in [1.54, 1.807) is 12.3 Å². The number of piperidine rings is 2. The van der Waals surface area contributed by atoms with Crippen LogP contribution in [0.15, 0.2) is 41.2 Å². The number of hydrogen-bond donors (Lipinski definition) is 0. The zero-order valence-electron chi connectivity index (χ0n) is 18.4. The predicted octanol–water partition coefficient (Wildman–Crippen LogP) is 3.85. The summed E-state index contributed by atoms with van der Waals surface area (Å²) in [5.74, 6) is 1.72. The molecule has 8 nitrogen and oxygen atoms in total. The van der Waals surface area contributed by atoms with Crippen molar-refractivity contribution in [3.63, 3.8) is 0 Å². The third-order valence-electron chi connectivity index (χ3n) is 6.39. The normalized spacial score (nSPS) is 17.5. The van der Waals surface area contributed by atoms with E-state index in [0.717, 1.165) is 48.8 Å². The van der Waals surface area contributed by atoms with Gasteiger partial charge in [0.1, 0.15) is 5.69 Å². The number of carbonyl (C=O) groups excluding carboxylic acids is 1. The lowest BCUT2D eigenvalue weighted by Crippen LogP contribution is -2.38. The average Bonchev–Trinajstić information content (AvgIpc) is 3.30. The van der Waals surface area contributed by atoms with Gasteiger partial charge in [-0.25, -0.2) is 9.97 Å². The van der Waals surface area contributed by atoms with Crippen LogP contribution in [0.3, 0.4) is 0 Å².